The molecule has 2 heterocycles. The lowest BCUT2D eigenvalue weighted by molar-refractivity contribution is -0.130. The van der Waals surface area contributed by atoms with Gasteiger partial charge in [-0.05, 0) is 41.8 Å². The molecular formula is C18H20N2O3. The van der Waals surface area contributed by atoms with E-state index < -0.39 is 0 Å². The SMILES string of the molecule is COc1cc2c(cc1OC)[C@@H](c1ccccn1)N(C(C)=O)CC2. The number of ether oxygens (including phenoxy) is 2. The molecule has 120 valence electrons. The molecule has 0 unspecified atom stereocenters. The van der Waals surface area contributed by atoms with E-state index in [1.54, 1.807) is 27.3 Å². The number of benzene rings is 1. The first-order chi connectivity index (χ1) is 11.2. The van der Waals surface area contributed by atoms with Crippen LogP contribution in [0.15, 0.2) is 36.5 Å². The molecule has 0 radical (unpaired) electrons. The summed E-state index contributed by atoms with van der Waals surface area (Å²) < 4.78 is 10.8. The number of pyridine rings is 1. The Morgan fingerprint density at radius 3 is 2.57 bits per heavy atom. The van der Waals surface area contributed by atoms with Gasteiger partial charge in [-0.25, -0.2) is 0 Å². The van der Waals surface area contributed by atoms with Gasteiger partial charge in [-0.15, -0.1) is 0 Å². The number of amides is 1. The molecule has 23 heavy (non-hydrogen) atoms. The minimum absolute atomic E-state index is 0.0427. The molecule has 5 nitrogen and oxygen atoms in total. The van der Waals surface area contributed by atoms with Gasteiger partial charge in [0.15, 0.2) is 11.5 Å². The number of carbonyl (C=O) groups is 1. The number of aromatic nitrogens is 1. The second-order valence-corrected chi connectivity index (χ2v) is 5.53. The van der Waals surface area contributed by atoms with Gasteiger partial charge in [-0.1, -0.05) is 6.07 Å². The molecule has 1 aliphatic rings. The van der Waals surface area contributed by atoms with E-state index in [2.05, 4.69) is 4.98 Å². The fraction of sp³-hybridized carbons (Fsp3) is 0.333. The predicted molar refractivity (Wildman–Crippen MR) is 86.7 cm³/mol. The molecule has 1 amide bonds. The average Bonchev–Trinajstić information content (AvgIpc) is 2.59. The molecule has 0 bridgehead atoms. The lowest BCUT2D eigenvalue weighted by Gasteiger charge is -2.37. The molecule has 0 saturated carbocycles. The highest BCUT2D eigenvalue weighted by molar-refractivity contribution is 5.75. The quantitative estimate of drug-likeness (QED) is 0.874. The summed E-state index contributed by atoms with van der Waals surface area (Å²) >= 11 is 0. The Balaban J connectivity index is 2.17. The van der Waals surface area contributed by atoms with E-state index in [1.807, 2.05) is 35.2 Å². The second-order valence-electron chi connectivity index (χ2n) is 5.53. The van der Waals surface area contributed by atoms with Crippen LogP contribution < -0.4 is 9.47 Å². The van der Waals surface area contributed by atoms with E-state index in [4.69, 9.17) is 9.47 Å². The van der Waals surface area contributed by atoms with Crippen LogP contribution in [0.25, 0.3) is 0 Å². The molecule has 3 rings (SSSR count). The molecule has 0 fully saturated rings. The van der Waals surface area contributed by atoms with Gasteiger partial charge in [0, 0.05) is 19.7 Å². The maximum absolute atomic E-state index is 12.1. The molecule has 5 heteroatoms. The fourth-order valence-corrected chi connectivity index (χ4v) is 3.14. The molecule has 2 aromatic rings. The third-order valence-electron chi connectivity index (χ3n) is 4.25. The van der Waals surface area contributed by atoms with Crippen LogP contribution in [0.4, 0.5) is 0 Å². The van der Waals surface area contributed by atoms with Crippen molar-refractivity contribution in [2.75, 3.05) is 20.8 Å². The van der Waals surface area contributed by atoms with Crippen LogP contribution in [0.1, 0.15) is 29.8 Å². The normalized spacial score (nSPS) is 16.7. The second kappa shape index (κ2) is 6.28. The topological polar surface area (TPSA) is 51.7 Å². The zero-order valence-corrected chi connectivity index (χ0v) is 13.6. The molecule has 0 aliphatic carbocycles. The molecule has 1 aromatic heterocycles. The van der Waals surface area contributed by atoms with Crippen molar-refractivity contribution in [2.45, 2.75) is 19.4 Å². The van der Waals surface area contributed by atoms with Crippen LogP contribution in [0.2, 0.25) is 0 Å². The Morgan fingerprint density at radius 2 is 1.96 bits per heavy atom. The highest BCUT2D eigenvalue weighted by atomic mass is 16.5. The van der Waals surface area contributed by atoms with E-state index >= 15 is 0 Å². The van der Waals surface area contributed by atoms with Crippen molar-refractivity contribution < 1.29 is 14.3 Å². The van der Waals surface area contributed by atoms with Crippen LogP contribution in [-0.2, 0) is 11.2 Å². The zero-order valence-electron chi connectivity index (χ0n) is 13.6. The van der Waals surface area contributed by atoms with Crippen molar-refractivity contribution >= 4 is 5.91 Å². The smallest absolute Gasteiger partial charge is 0.220 e. The Bertz CT molecular complexity index is 716. The summed E-state index contributed by atoms with van der Waals surface area (Å²) in [6.07, 6.45) is 2.54. The molecule has 1 aromatic carbocycles. The highest BCUT2D eigenvalue weighted by Crippen LogP contribution is 2.40. The Morgan fingerprint density at radius 1 is 1.22 bits per heavy atom. The third-order valence-corrected chi connectivity index (χ3v) is 4.25. The minimum Gasteiger partial charge on any atom is -0.493 e. The van der Waals surface area contributed by atoms with E-state index in [0.29, 0.717) is 18.0 Å². The van der Waals surface area contributed by atoms with Crippen molar-refractivity contribution in [2.24, 2.45) is 0 Å². The molecule has 0 N–H and O–H groups in total. The lowest BCUT2D eigenvalue weighted by atomic mass is 9.89. The number of fused-ring (bicyclic) bond motifs is 1. The van der Waals surface area contributed by atoms with Gasteiger partial charge < -0.3 is 14.4 Å². The predicted octanol–water partition coefficient (Wildman–Crippen LogP) is 2.59. The van der Waals surface area contributed by atoms with Crippen LogP contribution >= 0.6 is 0 Å². The first-order valence-corrected chi connectivity index (χ1v) is 7.58. The van der Waals surface area contributed by atoms with Crippen molar-refractivity contribution in [3.8, 4) is 11.5 Å². The van der Waals surface area contributed by atoms with Crippen molar-refractivity contribution in [1.82, 2.24) is 9.88 Å². The maximum Gasteiger partial charge on any atom is 0.220 e. The third kappa shape index (κ3) is 2.74. The van der Waals surface area contributed by atoms with Gasteiger partial charge in [-0.3, -0.25) is 9.78 Å². The van der Waals surface area contributed by atoms with Crippen LogP contribution in [0.5, 0.6) is 11.5 Å². The van der Waals surface area contributed by atoms with Crippen LogP contribution in [-0.4, -0.2) is 36.6 Å². The number of hydrogen-bond donors (Lipinski definition) is 0. The van der Waals surface area contributed by atoms with Crippen molar-refractivity contribution in [1.29, 1.82) is 0 Å². The molecule has 1 aliphatic heterocycles. The van der Waals surface area contributed by atoms with E-state index in [-0.39, 0.29) is 11.9 Å². The van der Waals surface area contributed by atoms with Gasteiger partial charge in [-0.2, -0.15) is 0 Å². The minimum atomic E-state index is -0.197. The lowest BCUT2D eigenvalue weighted by Crippen LogP contribution is -2.39. The van der Waals surface area contributed by atoms with E-state index in [1.165, 1.54) is 0 Å². The first kappa shape index (κ1) is 15.3. The maximum atomic E-state index is 12.1. The van der Waals surface area contributed by atoms with Gasteiger partial charge in [0.2, 0.25) is 5.91 Å². The summed E-state index contributed by atoms with van der Waals surface area (Å²) in [6, 6.07) is 9.53. The average molecular weight is 312 g/mol. The zero-order chi connectivity index (χ0) is 16.4. The van der Waals surface area contributed by atoms with Crippen LogP contribution in [0, 0.1) is 0 Å². The first-order valence-electron chi connectivity index (χ1n) is 7.58. The summed E-state index contributed by atoms with van der Waals surface area (Å²) in [5, 5.41) is 0. The fourth-order valence-electron chi connectivity index (χ4n) is 3.14. The number of hydrogen-bond acceptors (Lipinski definition) is 4. The standard InChI is InChI=1S/C18H20N2O3/c1-12(21)20-9-7-13-10-16(22-2)17(23-3)11-14(13)18(20)15-6-4-5-8-19-15/h4-6,8,10-11,18H,7,9H2,1-3H3/t18-/m0/s1. The van der Waals surface area contributed by atoms with Crippen molar-refractivity contribution in [3.63, 3.8) is 0 Å². The van der Waals surface area contributed by atoms with E-state index in [9.17, 15) is 4.79 Å². The number of methoxy groups -OCH3 is 2. The number of carbonyl (C=O) groups excluding carboxylic acids is 1. The molecule has 0 spiro atoms. The summed E-state index contributed by atoms with van der Waals surface area (Å²) in [5.41, 5.74) is 3.06. The van der Waals surface area contributed by atoms with Crippen molar-refractivity contribution in [3.05, 3.63) is 53.3 Å². The summed E-state index contributed by atoms with van der Waals surface area (Å²) in [6.45, 7) is 2.26. The monoisotopic (exact) mass is 312 g/mol. The largest absolute Gasteiger partial charge is 0.493 e. The van der Waals surface area contributed by atoms with Crippen LogP contribution in [0.3, 0.4) is 0 Å². The summed E-state index contributed by atoms with van der Waals surface area (Å²) in [4.78, 5) is 18.4. The van der Waals surface area contributed by atoms with Gasteiger partial charge >= 0.3 is 0 Å². The molecular weight excluding hydrogens is 292 g/mol. The highest BCUT2D eigenvalue weighted by Gasteiger charge is 2.32. The molecule has 1 atom stereocenters. The summed E-state index contributed by atoms with van der Waals surface area (Å²) in [7, 11) is 3.25. The van der Waals surface area contributed by atoms with Gasteiger partial charge in [0.1, 0.15) is 0 Å². The number of rotatable bonds is 3. The Kier molecular flexibility index (Phi) is 4.19. The number of nitrogens with zero attached hydrogens (tertiary/aromatic N) is 2. The van der Waals surface area contributed by atoms with E-state index in [0.717, 1.165) is 23.2 Å². The van der Waals surface area contributed by atoms with Gasteiger partial charge in [0.25, 0.3) is 0 Å². The Labute approximate surface area is 135 Å². The molecule has 0 saturated heterocycles. The summed E-state index contributed by atoms with van der Waals surface area (Å²) in [5.74, 6) is 1.42. The van der Waals surface area contributed by atoms with Gasteiger partial charge in [0.05, 0.1) is 26.0 Å². The Hall–Kier alpha value is -2.56.